The van der Waals surface area contributed by atoms with Crippen molar-refractivity contribution in [1.29, 1.82) is 0 Å². The molecule has 0 aromatic heterocycles. The molecule has 1 heterocycles. The third-order valence-corrected chi connectivity index (χ3v) is 5.75. The lowest BCUT2D eigenvalue weighted by Gasteiger charge is -2.42. The highest BCUT2D eigenvalue weighted by Crippen LogP contribution is 2.33. The molecule has 1 aliphatic carbocycles. The van der Waals surface area contributed by atoms with E-state index in [1.807, 2.05) is 24.0 Å². The first-order valence-electron chi connectivity index (χ1n) is 9.43. The quantitative estimate of drug-likeness (QED) is 0.894. The van der Waals surface area contributed by atoms with Crippen LogP contribution in [0.2, 0.25) is 0 Å². The SMILES string of the molecule is COc1cccc(C(=O)N2CCN(C(=O)C3CCCCC3(C)N)CC2)c1. The number of hydrogen-bond acceptors (Lipinski definition) is 4. The number of carbonyl (C=O) groups excluding carboxylic acids is 2. The fourth-order valence-corrected chi connectivity index (χ4v) is 4.05. The predicted molar refractivity (Wildman–Crippen MR) is 100 cm³/mol. The van der Waals surface area contributed by atoms with Gasteiger partial charge in [-0.25, -0.2) is 0 Å². The number of rotatable bonds is 3. The van der Waals surface area contributed by atoms with Gasteiger partial charge in [0, 0.05) is 37.3 Å². The second kappa shape index (κ2) is 7.66. The Kier molecular flexibility index (Phi) is 5.51. The molecular weight excluding hydrogens is 330 g/mol. The molecule has 2 aliphatic rings. The topological polar surface area (TPSA) is 75.9 Å². The summed E-state index contributed by atoms with van der Waals surface area (Å²) < 4.78 is 5.19. The Hall–Kier alpha value is -2.08. The number of methoxy groups -OCH3 is 1. The minimum atomic E-state index is -0.414. The van der Waals surface area contributed by atoms with Crippen molar-refractivity contribution in [2.24, 2.45) is 11.7 Å². The molecule has 1 aliphatic heterocycles. The van der Waals surface area contributed by atoms with Crippen molar-refractivity contribution in [2.45, 2.75) is 38.1 Å². The van der Waals surface area contributed by atoms with E-state index in [0.29, 0.717) is 37.5 Å². The van der Waals surface area contributed by atoms with E-state index in [9.17, 15) is 9.59 Å². The van der Waals surface area contributed by atoms with E-state index in [1.54, 1.807) is 24.1 Å². The fourth-order valence-electron chi connectivity index (χ4n) is 4.05. The van der Waals surface area contributed by atoms with Gasteiger partial charge in [-0.05, 0) is 38.0 Å². The Morgan fingerprint density at radius 2 is 1.85 bits per heavy atom. The number of benzene rings is 1. The molecule has 26 heavy (non-hydrogen) atoms. The number of nitrogens with zero attached hydrogens (tertiary/aromatic N) is 2. The van der Waals surface area contributed by atoms with Crippen molar-refractivity contribution >= 4 is 11.8 Å². The van der Waals surface area contributed by atoms with Gasteiger partial charge in [-0.2, -0.15) is 0 Å². The summed E-state index contributed by atoms with van der Waals surface area (Å²) in [6.07, 6.45) is 3.93. The van der Waals surface area contributed by atoms with E-state index < -0.39 is 5.54 Å². The zero-order valence-electron chi connectivity index (χ0n) is 15.7. The molecular formula is C20H29N3O3. The summed E-state index contributed by atoms with van der Waals surface area (Å²) in [5.74, 6) is 0.710. The van der Waals surface area contributed by atoms with Gasteiger partial charge >= 0.3 is 0 Å². The van der Waals surface area contributed by atoms with Crippen LogP contribution in [0.4, 0.5) is 0 Å². The Morgan fingerprint density at radius 1 is 1.15 bits per heavy atom. The smallest absolute Gasteiger partial charge is 0.254 e. The molecule has 0 bridgehead atoms. The molecule has 0 spiro atoms. The maximum absolute atomic E-state index is 12.9. The van der Waals surface area contributed by atoms with Crippen LogP contribution in [0.15, 0.2) is 24.3 Å². The molecule has 6 heteroatoms. The van der Waals surface area contributed by atoms with E-state index in [-0.39, 0.29) is 17.7 Å². The third kappa shape index (κ3) is 3.85. The van der Waals surface area contributed by atoms with E-state index in [1.165, 1.54) is 0 Å². The summed E-state index contributed by atoms with van der Waals surface area (Å²) in [6.45, 7) is 4.24. The van der Waals surface area contributed by atoms with Crippen molar-refractivity contribution in [3.63, 3.8) is 0 Å². The molecule has 2 fully saturated rings. The van der Waals surface area contributed by atoms with Crippen LogP contribution in [0.3, 0.4) is 0 Å². The van der Waals surface area contributed by atoms with Gasteiger partial charge in [0.05, 0.1) is 13.0 Å². The highest BCUT2D eigenvalue weighted by molar-refractivity contribution is 5.94. The monoisotopic (exact) mass is 359 g/mol. The summed E-state index contributed by atoms with van der Waals surface area (Å²) in [6, 6.07) is 7.18. The Balaban J connectivity index is 1.60. The second-order valence-corrected chi connectivity index (χ2v) is 7.65. The minimum Gasteiger partial charge on any atom is -0.497 e. The average molecular weight is 359 g/mol. The standard InChI is InChI=1S/C20H29N3O3/c1-20(21)9-4-3-8-17(20)19(25)23-12-10-22(11-13-23)18(24)15-6-5-7-16(14-15)26-2/h5-7,14,17H,3-4,8-13,21H2,1-2H3. The Labute approximate surface area is 155 Å². The molecule has 2 N–H and O–H groups in total. The molecule has 3 rings (SSSR count). The van der Waals surface area contributed by atoms with Crippen LogP contribution >= 0.6 is 0 Å². The summed E-state index contributed by atoms with van der Waals surface area (Å²) in [5.41, 5.74) is 6.59. The second-order valence-electron chi connectivity index (χ2n) is 7.65. The van der Waals surface area contributed by atoms with Gasteiger partial charge in [-0.1, -0.05) is 18.9 Å². The normalized spacial score (nSPS) is 26.5. The highest BCUT2D eigenvalue weighted by Gasteiger charge is 2.40. The fraction of sp³-hybridized carbons (Fsp3) is 0.600. The van der Waals surface area contributed by atoms with Gasteiger partial charge in [0.2, 0.25) is 5.91 Å². The maximum atomic E-state index is 12.9. The molecule has 1 saturated carbocycles. The van der Waals surface area contributed by atoms with E-state index in [2.05, 4.69) is 0 Å². The van der Waals surface area contributed by atoms with Crippen molar-refractivity contribution in [3.05, 3.63) is 29.8 Å². The minimum absolute atomic E-state index is 0.0164. The molecule has 142 valence electrons. The lowest BCUT2D eigenvalue weighted by molar-refractivity contribution is -0.140. The van der Waals surface area contributed by atoms with Crippen LogP contribution in [-0.2, 0) is 4.79 Å². The number of carbonyl (C=O) groups is 2. The van der Waals surface area contributed by atoms with E-state index in [0.717, 1.165) is 25.7 Å². The number of hydrogen-bond donors (Lipinski definition) is 1. The van der Waals surface area contributed by atoms with E-state index in [4.69, 9.17) is 10.5 Å². The van der Waals surface area contributed by atoms with Crippen LogP contribution in [0.5, 0.6) is 5.75 Å². The number of piperazine rings is 1. The summed E-state index contributed by atoms with van der Waals surface area (Å²) in [4.78, 5) is 29.3. The number of amides is 2. The van der Waals surface area contributed by atoms with Crippen LogP contribution in [0.1, 0.15) is 43.0 Å². The summed E-state index contributed by atoms with van der Waals surface area (Å²) in [7, 11) is 1.59. The van der Waals surface area contributed by atoms with Crippen LogP contribution in [0.25, 0.3) is 0 Å². The first kappa shape index (κ1) is 18.7. The molecule has 0 radical (unpaired) electrons. The summed E-state index contributed by atoms with van der Waals surface area (Å²) >= 11 is 0. The van der Waals surface area contributed by atoms with Gasteiger partial charge in [-0.3, -0.25) is 9.59 Å². The molecule has 2 amide bonds. The average Bonchev–Trinajstić information content (AvgIpc) is 2.67. The van der Waals surface area contributed by atoms with Gasteiger partial charge in [0.25, 0.3) is 5.91 Å². The van der Waals surface area contributed by atoms with Crippen molar-refractivity contribution in [2.75, 3.05) is 33.3 Å². The molecule has 1 saturated heterocycles. The molecule has 6 nitrogen and oxygen atoms in total. The zero-order chi connectivity index (χ0) is 18.7. The van der Waals surface area contributed by atoms with Crippen LogP contribution < -0.4 is 10.5 Å². The molecule has 2 unspecified atom stereocenters. The lowest BCUT2D eigenvalue weighted by Crippen LogP contribution is -2.57. The molecule has 1 aromatic carbocycles. The van der Waals surface area contributed by atoms with Crippen molar-refractivity contribution in [1.82, 2.24) is 9.80 Å². The predicted octanol–water partition coefficient (Wildman–Crippen LogP) is 1.89. The van der Waals surface area contributed by atoms with Crippen molar-refractivity contribution < 1.29 is 14.3 Å². The zero-order valence-corrected chi connectivity index (χ0v) is 15.7. The van der Waals surface area contributed by atoms with Crippen LogP contribution in [-0.4, -0.2) is 60.4 Å². The van der Waals surface area contributed by atoms with Crippen LogP contribution in [0, 0.1) is 5.92 Å². The largest absolute Gasteiger partial charge is 0.497 e. The molecule has 2 atom stereocenters. The first-order valence-corrected chi connectivity index (χ1v) is 9.43. The van der Waals surface area contributed by atoms with Gasteiger partial charge in [-0.15, -0.1) is 0 Å². The maximum Gasteiger partial charge on any atom is 0.254 e. The summed E-state index contributed by atoms with van der Waals surface area (Å²) in [5, 5.41) is 0. The van der Waals surface area contributed by atoms with Crippen molar-refractivity contribution in [3.8, 4) is 5.75 Å². The van der Waals surface area contributed by atoms with E-state index >= 15 is 0 Å². The van der Waals surface area contributed by atoms with Gasteiger partial charge in [0.15, 0.2) is 0 Å². The van der Waals surface area contributed by atoms with Gasteiger partial charge < -0.3 is 20.3 Å². The Bertz CT molecular complexity index is 666. The lowest BCUT2D eigenvalue weighted by atomic mass is 9.74. The first-order chi connectivity index (χ1) is 12.4. The number of ether oxygens (including phenoxy) is 1. The third-order valence-electron chi connectivity index (χ3n) is 5.75. The number of nitrogens with two attached hydrogens (primary N) is 1. The molecule has 1 aromatic rings. The highest BCUT2D eigenvalue weighted by atomic mass is 16.5. The van der Waals surface area contributed by atoms with Gasteiger partial charge in [0.1, 0.15) is 5.75 Å². The Morgan fingerprint density at radius 3 is 2.50 bits per heavy atom.